The Balaban J connectivity index is 1.63. The second-order valence-corrected chi connectivity index (χ2v) is 13.3. The van der Waals surface area contributed by atoms with Gasteiger partial charge in [-0.3, -0.25) is 0 Å². The lowest BCUT2D eigenvalue weighted by molar-refractivity contribution is 0.463. The van der Waals surface area contributed by atoms with Gasteiger partial charge in [-0.1, -0.05) is 85.3 Å². The van der Waals surface area contributed by atoms with Crippen LogP contribution in [-0.4, -0.2) is 32.0 Å². The molecule has 1 fully saturated rings. The van der Waals surface area contributed by atoms with Crippen molar-refractivity contribution in [2.45, 2.75) is 18.7 Å². The van der Waals surface area contributed by atoms with E-state index >= 15 is 0 Å². The van der Waals surface area contributed by atoms with E-state index in [9.17, 15) is 13.0 Å². The Morgan fingerprint density at radius 1 is 0.839 bits per heavy atom. The third-order valence-corrected chi connectivity index (χ3v) is 11.3. The zero-order valence-corrected chi connectivity index (χ0v) is 19.6. The minimum Gasteiger partial charge on any atom is -0.314 e. The van der Waals surface area contributed by atoms with Gasteiger partial charge in [-0.05, 0) is 30.9 Å². The topological polar surface area (TPSA) is 54.5 Å². The molecule has 6 heteroatoms. The van der Waals surface area contributed by atoms with Gasteiger partial charge in [0, 0.05) is 29.9 Å². The summed E-state index contributed by atoms with van der Waals surface area (Å²) in [7, 11) is -6.45. The van der Waals surface area contributed by atoms with Crippen LogP contribution in [0.1, 0.15) is 12.5 Å². The predicted molar refractivity (Wildman–Crippen MR) is 127 cm³/mol. The highest BCUT2D eigenvalue weighted by atomic mass is 32.2. The van der Waals surface area contributed by atoms with E-state index in [2.05, 4.69) is 6.92 Å². The second-order valence-electron chi connectivity index (χ2n) is 8.47. The molecule has 0 N–H and O–H groups in total. The largest absolute Gasteiger partial charge is 0.314 e. The first-order valence-electron chi connectivity index (χ1n) is 10.6. The lowest BCUT2D eigenvalue weighted by Gasteiger charge is -2.24. The molecule has 0 saturated carbocycles. The van der Waals surface area contributed by atoms with Crippen LogP contribution >= 0.6 is 7.14 Å². The standard InChI is InChI=1S/C25H28NO3PS/c1-20-13-15-25(16-14-20)31(28,29)26-17-21(2)22(18-26)19-30(27,23-9-5-3-6-10-23)24-11-7-4-8-12-24/h3-16,21-22H,17-19H2,1-2H3. The van der Waals surface area contributed by atoms with Crippen LogP contribution in [0.25, 0.3) is 0 Å². The number of benzene rings is 3. The maximum Gasteiger partial charge on any atom is 0.243 e. The van der Waals surface area contributed by atoms with Crippen LogP contribution in [0.4, 0.5) is 0 Å². The van der Waals surface area contributed by atoms with E-state index in [1.165, 1.54) is 0 Å². The molecule has 2 unspecified atom stereocenters. The van der Waals surface area contributed by atoms with Crippen LogP contribution < -0.4 is 10.6 Å². The molecule has 3 aromatic carbocycles. The molecule has 0 radical (unpaired) electrons. The summed E-state index contributed by atoms with van der Waals surface area (Å²) in [4.78, 5) is 0.320. The molecule has 4 rings (SSSR count). The van der Waals surface area contributed by atoms with Gasteiger partial charge in [0.15, 0.2) is 0 Å². The molecular formula is C25H28NO3PS. The number of hydrogen-bond donors (Lipinski definition) is 0. The van der Waals surface area contributed by atoms with Crippen molar-refractivity contribution >= 4 is 27.8 Å². The van der Waals surface area contributed by atoms with Gasteiger partial charge in [0.2, 0.25) is 10.0 Å². The zero-order valence-electron chi connectivity index (χ0n) is 17.9. The SMILES string of the molecule is Cc1ccc(S(=O)(=O)N2CC(C)C(CP(=O)(c3ccccc3)c3ccccc3)C2)cc1. The molecule has 1 saturated heterocycles. The Morgan fingerprint density at radius 3 is 1.87 bits per heavy atom. The maximum absolute atomic E-state index is 14.4. The second kappa shape index (κ2) is 8.74. The molecule has 0 spiro atoms. The normalized spacial score (nSPS) is 20.1. The summed E-state index contributed by atoms with van der Waals surface area (Å²) >= 11 is 0. The fourth-order valence-electron chi connectivity index (χ4n) is 4.31. The van der Waals surface area contributed by atoms with E-state index < -0.39 is 17.2 Å². The van der Waals surface area contributed by atoms with Crippen molar-refractivity contribution in [2.24, 2.45) is 11.8 Å². The average Bonchev–Trinajstić information content (AvgIpc) is 3.16. The lowest BCUT2D eigenvalue weighted by atomic mass is 10.0. The Hall–Kier alpha value is -2.20. The van der Waals surface area contributed by atoms with Gasteiger partial charge in [0.1, 0.15) is 7.14 Å². The van der Waals surface area contributed by atoms with Crippen molar-refractivity contribution in [3.63, 3.8) is 0 Å². The van der Waals surface area contributed by atoms with E-state index in [1.54, 1.807) is 16.4 Å². The number of hydrogen-bond acceptors (Lipinski definition) is 3. The fourth-order valence-corrected chi connectivity index (χ4v) is 9.07. The Bertz CT molecular complexity index is 1130. The molecule has 4 nitrogen and oxygen atoms in total. The van der Waals surface area contributed by atoms with Gasteiger partial charge >= 0.3 is 0 Å². The highest BCUT2D eigenvalue weighted by Crippen LogP contribution is 2.48. The van der Waals surface area contributed by atoms with Gasteiger partial charge < -0.3 is 4.57 Å². The Kier molecular flexibility index (Phi) is 6.20. The monoisotopic (exact) mass is 453 g/mol. The van der Waals surface area contributed by atoms with Crippen LogP contribution in [-0.2, 0) is 14.6 Å². The zero-order chi connectivity index (χ0) is 22.1. The molecule has 2 atom stereocenters. The van der Waals surface area contributed by atoms with E-state index in [1.807, 2.05) is 79.7 Å². The molecular weight excluding hydrogens is 425 g/mol. The van der Waals surface area contributed by atoms with Gasteiger partial charge in [0.05, 0.1) is 4.90 Å². The molecule has 0 aromatic heterocycles. The van der Waals surface area contributed by atoms with E-state index in [0.29, 0.717) is 24.1 Å². The summed E-state index contributed by atoms with van der Waals surface area (Å²) < 4.78 is 42.4. The van der Waals surface area contributed by atoms with Gasteiger partial charge in [0.25, 0.3) is 0 Å². The highest BCUT2D eigenvalue weighted by Gasteiger charge is 2.41. The number of nitrogens with zero attached hydrogens (tertiary/aromatic N) is 1. The first kappa shape index (κ1) is 22.0. The molecule has 0 amide bonds. The van der Waals surface area contributed by atoms with Crippen molar-refractivity contribution in [3.8, 4) is 0 Å². The van der Waals surface area contributed by atoms with Crippen LogP contribution in [0.2, 0.25) is 0 Å². The smallest absolute Gasteiger partial charge is 0.243 e. The van der Waals surface area contributed by atoms with E-state index in [-0.39, 0.29) is 11.8 Å². The van der Waals surface area contributed by atoms with Crippen LogP contribution in [0, 0.1) is 18.8 Å². The quantitative estimate of drug-likeness (QED) is 0.524. The van der Waals surface area contributed by atoms with E-state index in [0.717, 1.165) is 16.2 Å². The van der Waals surface area contributed by atoms with E-state index in [4.69, 9.17) is 0 Å². The molecule has 162 valence electrons. The third kappa shape index (κ3) is 4.41. The Labute approximate surface area is 185 Å². The van der Waals surface area contributed by atoms with Crippen LogP contribution in [0.3, 0.4) is 0 Å². The summed E-state index contributed by atoms with van der Waals surface area (Å²) in [6, 6.07) is 26.2. The third-order valence-electron chi connectivity index (χ3n) is 6.23. The van der Waals surface area contributed by atoms with Crippen molar-refractivity contribution in [2.75, 3.05) is 19.3 Å². The van der Waals surface area contributed by atoms with Gasteiger partial charge in [-0.25, -0.2) is 8.42 Å². The summed E-state index contributed by atoms with van der Waals surface area (Å²) in [5, 5.41) is 1.65. The first-order valence-corrected chi connectivity index (χ1v) is 13.9. The number of aryl methyl sites for hydroxylation is 1. The summed E-state index contributed by atoms with van der Waals surface area (Å²) in [5.74, 6) is 0.146. The first-order chi connectivity index (χ1) is 14.8. The summed E-state index contributed by atoms with van der Waals surface area (Å²) in [6.07, 6.45) is 0.460. The Morgan fingerprint density at radius 2 is 1.35 bits per heavy atom. The van der Waals surface area contributed by atoms with Crippen LogP contribution in [0.5, 0.6) is 0 Å². The van der Waals surface area contributed by atoms with Gasteiger partial charge in [-0.15, -0.1) is 0 Å². The predicted octanol–water partition coefficient (Wildman–Crippen LogP) is 4.27. The minimum atomic E-state index is -3.56. The van der Waals surface area contributed by atoms with Crippen molar-refractivity contribution in [3.05, 3.63) is 90.5 Å². The number of sulfonamides is 1. The van der Waals surface area contributed by atoms with Crippen molar-refractivity contribution in [1.29, 1.82) is 0 Å². The van der Waals surface area contributed by atoms with Crippen molar-refractivity contribution < 1.29 is 13.0 Å². The molecule has 1 aliphatic rings. The summed E-state index contributed by atoms with van der Waals surface area (Å²) in [5.41, 5.74) is 1.03. The molecule has 3 aromatic rings. The summed E-state index contributed by atoms with van der Waals surface area (Å²) in [6.45, 7) is 4.84. The maximum atomic E-state index is 14.4. The highest BCUT2D eigenvalue weighted by molar-refractivity contribution is 7.89. The fraction of sp³-hybridized carbons (Fsp3) is 0.280. The molecule has 0 bridgehead atoms. The minimum absolute atomic E-state index is 0.0199. The molecule has 0 aliphatic carbocycles. The average molecular weight is 454 g/mol. The number of rotatable bonds is 6. The van der Waals surface area contributed by atoms with Crippen molar-refractivity contribution in [1.82, 2.24) is 4.31 Å². The lowest BCUT2D eigenvalue weighted by Crippen LogP contribution is -2.30. The van der Waals surface area contributed by atoms with Gasteiger partial charge in [-0.2, -0.15) is 4.31 Å². The molecule has 1 heterocycles. The molecule has 1 aliphatic heterocycles. The van der Waals surface area contributed by atoms with Crippen LogP contribution in [0.15, 0.2) is 89.8 Å². The molecule has 31 heavy (non-hydrogen) atoms.